The molecule has 0 atom stereocenters. The number of rotatable bonds is 4. The molecule has 0 saturated carbocycles. The highest BCUT2D eigenvalue weighted by atomic mass is 19.1. The Labute approximate surface area is 134 Å². The predicted molar refractivity (Wildman–Crippen MR) is 89.1 cm³/mol. The van der Waals surface area contributed by atoms with Crippen LogP contribution in [0.2, 0.25) is 0 Å². The van der Waals surface area contributed by atoms with Crippen LogP contribution in [0.3, 0.4) is 0 Å². The van der Waals surface area contributed by atoms with Crippen LogP contribution in [0.4, 0.5) is 15.8 Å². The van der Waals surface area contributed by atoms with E-state index in [1.165, 1.54) is 23.1 Å². The van der Waals surface area contributed by atoms with Gasteiger partial charge in [-0.3, -0.25) is 9.59 Å². The zero-order valence-corrected chi connectivity index (χ0v) is 13.0. The molecule has 0 heterocycles. The fraction of sp³-hybridized carbons (Fsp3) is 0.111. The summed E-state index contributed by atoms with van der Waals surface area (Å²) in [6.45, 7) is 5.18. The third kappa shape index (κ3) is 4.03. The number of nitrogens with zero attached hydrogens (tertiary/aromatic N) is 1. The van der Waals surface area contributed by atoms with E-state index in [9.17, 15) is 14.0 Å². The molecular weight excluding hydrogens is 295 g/mol. The smallest absolute Gasteiger partial charge is 0.255 e. The van der Waals surface area contributed by atoms with Gasteiger partial charge in [0.2, 0.25) is 5.91 Å². The third-order valence-corrected chi connectivity index (χ3v) is 3.32. The Hall–Kier alpha value is -2.95. The minimum Gasteiger partial charge on any atom is -0.322 e. The lowest BCUT2D eigenvalue weighted by atomic mass is 10.1. The molecule has 0 bridgehead atoms. The summed E-state index contributed by atoms with van der Waals surface area (Å²) in [7, 11) is 1.62. The van der Waals surface area contributed by atoms with Crippen LogP contribution in [0.5, 0.6) is 0 Å². The highest BCUT2D eigenvalue weighted by Gasteiger charge is 2.10. The molecule has 4 nitrogen and oxygen atoms in total. The highest BCUT2D eigenvalue weighted by molar-refractivity contribution is 6.05. The van der Waals surface area contributed by atoms with Crippen LogP contribution >= 0.6 is 0 Å². The van der Waals surface area contributed by atoms with Crippen molar-refractivity contribution < 1.29 is 14.0 Å². The van der Waals surface area contributed by atoms with Crippen molar-refractivity contribution >= 4 is 23.2 Å². The van der Waals surface area contributed by atoms with E-state index in [1.807, 2.05) is 0 Å². The van der Waals surface area contributed by atoms with Crippen LogP contribution in [0.25, 0.3) is 0 Å². The molecule has 2 aromatic carbocycles. The second-order valence-corrected chi connectivity index (χ2v) is 5.12. The summed E-state index contributed by atoms with van der Waals surface area (Å²) >= 11 is 0. The van der Waals surface area contributed by atoms with Gasteiger partial charge < -0.3 is 10.2 Å². The van der Waals surface area contributed by atoms with Crippen molar-refractivity contribution in [3.63, 3.8) is 0 Å². The molecule has 0 radical (unpaired) electrons. The molecule has 0 aromatic heterocycles. The Morgan fingerprint density at radius 3 is 2.39 bits per heavy atom. The average molecular weight is 312 g/mol. The lowest BCUT2D eigenvalue weighted by Gasteiger charge is -2.15. The minimum atomic E-state index is -0.403. The van der Waals surface area contributed by atoms with Crippen molar-refractivity contribution in [1.29, 1.82) is 0 Å². The fourth-order valence-electron chi connectivity index (χ4n) is 2.11. The van der Waals surface area contributed by atoms with Crippen molar-refractivity contribution in [3.8, 4) is 0 Å². The van der Waals surface area contributed by atoms with Crippen LogP contribution in [0.1, 0.15) is 15.9 Å². The summed E-state index contributed by atoms with van der Waals surface area (Å²) < 4.78 is 13.3. The summed E-state index contributed by atoms with van der Waals surface area (Å²) in [6, 6.07) is 10.9. The van der Waals surface area contributed by atoms with E-state index in [-0.39, 0.29) is 11.8 Å². The Balaban J connectivity index is 2.14. The molecule has 5 heteroatoms. The SMILES string of the molecule is C=CC(=O)N(C)c1ccc(C(=O)Nc2cc(C)cc(F)c2)cc1. The standard InChI is InChI=1S/C18H17FN2O2/c1-4-17(22)21(3)16-7-5-13(6-8-16)18(23)20-15-10-12(2)9-14(19)11-15/h4-11H,1H2,2-3H3,(H,20,23). The van der Waals surface area contributed by atoms with E-state index in [0.29, 0.717) is 16.9 Å². The Morgan fingerprint density at radius 1 is 1.17 bits per heavy atom. The summed E-state index contributed by atoms with van der Waals surface area (Å²) in [4.78, 5) is 25.1. The topological polar surface area (TPSA) is 49.4 Å². The van der Waals surface area contributed by atoms with E-state index in [0.717, 1.165) is 5.56 Å². The Kier molecular flexibility index (Phi) is 4.91. The molecule has 0 spiro atoms. The predicted octanol–water partition coefficient (Wildman–Crippen LogP) is 3.54. The van der Waals surface area contributed by atoms with E-state index < -0.39 is 5.82 Å². The number of likely N-dealkylation sites (N-methyl/N-ethyl adjacent to an activating group) is 1. The summed E-state index contributed by atoms with van der Waals surface area (Å²) in [5, 5.41) is 2.65. The molecule has 1 N–H and O–H groups in total. The molecule has 0 saturated heterocycles. The second kappa shape index (κ2) is 6.87. The monoisotopic (exact) mass is 312 g/mol. The van der Waals surface area contributed by atoms with E-state index in [1.54, 1.807) is 44.3 Å². The van der Waals surface area contributed by atoms with Gasteiger partial charge in [0.05, 0.1) is 0 Å². The van der Waals surface area contributed by atoms with Crippen LogP contribution in [0, 0.1) is 12.7 Å². The second-order valence-electron chi connectivity index (χ2n) is 5.12. The van der Waals surface area contributed by atoms with Crippen LogP contribution in [-0.2, 0) is 4.79 Å². The van der Waals surface area contributed by atoms with E-state index in [4.69, 9.17) is 0 Å². The highest BCUT2D eigenvalue weighted by Crippen LogP contribution is 2.17. The Bertz CT molecular complexity index is 734. The number of halogens is 1. The molecule has 2 aromatic rings. The zero-order valence-electron chi connectivity index (χ0n) is 13.0. The Morgan fingerprint density at radius 2 is 1.83 bits per heavy atom. The quantitative estimate of drug-likeness (QED) is 0.878. The molecule has 0 aliphatic carbocycles. The number of aryl methyl sites for hydroxylation is 1. The molecule has 2 amide bonds. The van der Waals surface area contributed by atoms with Gasteiger partial charge in [-0.1, -0.05) is 6.58 Å². The largest absolute Gasteiger partial charge is 0.322 e. The molecular formula is C18H17FN2O2. The lowest BCUT2D eigenvalue weighted by molar-refractivity contribution is -0.113. The molecule has 0 unspecified atom stereocenters. The maximum Gasteiger partial charge on any atom is 0.255 e. The molecule has 0 fully saturated rings. The third-order valence-electron chi connectivity index (χ3n) is 3.32. The van der Waals surface area contributed by atoms with Crippen molar-refractivity contribution in [2.75, 3.05) is 17.3 Å². The first-order valence-electron chi connectivity index (χ1n) is 6.99. The molecule has 118 valence electrons. The van der Waals surface area contributed by atoms with Gasteiger partial charge in [0.25, 0.3) is 5.91 Å². The van der Waals surface area contributed by atoms with Crippen molar-refractivity contribution in [1.82, 2.24) is 0 Å². The maximum atomic E-state index is 13.3. The summed E-state index contributed by atoms with van der Waals surface area (Å²) in [5.41, 5.74) is 2.18. The number of benzene rings is 2. The number of hydrogen-bond donors (Lipinski definition) is 1. The summed E-state index contributed by atoms with van der Waals surface area (Å²) in [5.74, 6) is -0.989. The number of hydrogen-bond acceptors (Lipinski definition) is 2. The molecule has 0 aliphatic heterocycles. The van der Waals surface area contributed by atoms with E-state index in [2.05, 4.69) is 11.9 Å². The fourth-order valence-corrected chi connectivity index (χ4v) is 2.11. The van der Waals surface area contributed by atoms with E-state index >= 15 is 0 Å². The number of amides is 2. The number of carbonyl (C=O) groups is 2. The van der Waals surface area contributed by atoms with Crippen molar-refractivity contribution in [2.24, 2.45) is 0 Å². The van der Waals surface area contributed by atoms with Crippen molar-refractivity contribution in [3.05, 3.63) is 72.1 Å². The van der Waals surface area contributed by atoms with Gasteiger partial charge in [-0.15, -0.1) is 0 Å². The maximum absolute atomic E-state index is 13.3. The summed E-state index contributed by atoms with van der Waals surface area (Å²) in [6.07, 6.45) is 1.22. The van der Waals surface area contributed by atoms with Crippen LogP contribution in [0.15, 0.2) is 55.1 Å². The normalized spacial score (nSPS) is 10.0. The first kappa shape index (κ1) is 16.4. The first-order valence-corrected chi connectivity index (χ1v) is 6.99. The molecule has 2 rings (SSSR count). The lowest BCUT2D eigenvalue weighted by Crippen LogP contribution is -2.23. The van der Waals surface area contributed by atoms with Gasteiger partial charge in [0, 0.05) is 24.0 Å². The van der Waals surface area contributed by atoms with Gasteiger partial charge >= 0.3 is 0 Å². The zero-order chi connectivity index (χ0) is 17.0. The minimum absolute atomic E-state index is 0.238. The number of carbonyl (C=O) groups excluding carboxylic acids is 2. The first-order chi connectivity index (χ1) is 10.9. The average Bonchev–Trinajstić information content (AvgIpc) is 2.52. The van der Waals surface area contributed by atoms with Crippen LogP contribution < -0.4 is 10.2 Å². The molecule has 23 heavy (non-hydrogen) atoms. The van der Waals surface area contributed by atoms with Gasteiger partial charge in [-0.05, 0) is 61.0 Å². The van der Waals surface area contributed by atoms with Crippen molar-refractivity contribution in [2.45, 2.75) is 6.92 Å². The van der Waals surface area contributed by atoms with Gasteiger partial charge in [-0.25, -0.2) is 4.39 Å². The molecule has 0 aliphatic rings. The number of anilines is 2. The van der Waals surface area contributed by atoms with Gasteiger partial charge in [-0.2, -0.15) is 0 Å². The van der Waals surface area contributed by atoms with Gasteiger partial charge in [0.15, 0.2) is 0 Å². The van der Waals surface area contributed by atoms with Gasteiger partial charge in [0.1, 0.15) is 5.82 Å². The number of nitrogens with one attached hydrogen (secondary N) is 1. The van der Waals surface area contributed by atoms with Crippen LogP contribution in [-0.4, -0.2) is 18.9 Å².